The highest BCUT2D eigenvalue weighted by Gasteiger charge is 2.26. The number of esters is 2. The van der Waals surface area contributed by atoms with Crippen LogP contribution in [0.25, 0.3) is 0 Å². The van der Waals surface area contributed by atoms with Gasteiger partial charge in [-0.25, -0.2) is 4.57 Å². The van der Waals surface area contributed by atoms with Gasteiger partial charge < -0.3 is 19.7 Å². The molecule has 0 rings (SSSR count). The lowest BCUT2D eigenvalue weighted by molar-refractivity contribution is -0.161. The van der Waals surface area contributed by atoms with Crippen molar-refractivity contribution >= 4 is 19.8 Å². The van der Waals surface area contributed by atoms with E-state index in [2.05, 4.69) is 116 Å². The number of carbonyl (C=O) groups is 2. The summed E-state index contributed by atoms with van der Waals surface area (Å²) in [4.78, 5) is 35.0. The monoisotopic (exact) mass is 828 g/mol. The van der Waals surface area contributed by atoms with Crippen LogP contribution in [0.5, 0.6) is 0 Å². The lowest BCUT2D eigenvalue weighted by Gasteiger charge is -2.19. The third-order valence-electron chi connectivity index (χ3n) is 8.39. The molecule has 0 aromatic heterocycles. The largest absolute Gasteiger partial charge is 0.472 e. The first-order valence-electron chi connectivity index (χ1n) is 21.8. The number of rotatable bonds is 39. The molecule has 2 N–H and O–H groups in total. The smallest absolute Gasteiger partial charge is 0.462 e. The Balaban J connectivity index is 4.46. The Hall–Kier alpha value is -3.33. The van der Waals surface area contributed by atoms with Crippen molar-refractivity contribution in [3.63, 3.8) is 0 Å². The van der Waals surface area contributed by atoms with Gasteiger partial charge in [-0.15, -0.1) is 0 Å². The summed E-state index contributed by atoms with van der Waals surface area (Å²) in [6.45, 7) is 3.93. The number of ether oxygens (including phenoxy) is 2. The van der Waals surface area contributed by atoms with Crippen molar-refractivity contribution in [3.8, 4) is 0 Å². The molecule has 0 bridgehead atoms. The normalized spacial score (nSPS) is 14.3. The maximum Gasteiger partial charge on any atom is 0.472 e. The van der Waals surface area contributed by atoms with Crippen molar-refractivity contribution in [3.05, 3.63) is 109 Å². The van der Waals surface area contributed by atoms with Gasteiger partial charge in [0.05, 0.1) is 13.2 Å². The molecule has 0 aliphatic rings. The molecule has 10 heteroatoms. The molecular formula is C48H78NO8P. The zero-order valence-electron chi connectivity index (χ0n) is 36.2. The second-order valence-electron chi connectivity index (χ2n) is 13.8. The topological polar surface area (TPSA) is 120 Å². The van der Waals surface area contributed by atoms with Crippen LogP contribution >= 0.6 is 7.82 Å². The van der Waals surface area contributed by atoms with Gasteiger partial charge >= 0.3 is 19.8 Å². The van der Waals surface area contributed by atoms with E-state index in [1.807, 2.05) is 12.2 Å². The van der Waals surface area contributed by atoms with Crippen LogP contribution in [0.15, 0.2) is 109 Å². The van der Waals surface area contributed by atoms with E-state index in [4.69, 9.17) is 18.5 Å². The van der Waals surface area contributed by atoms with Gasteiger partial charge in [-0.3, -0.25) is 18.6 Å². The van der Waals surface area contributed by atoms with E-state index in [0.717, 1.165) is 64.2 Å². The Morgan fingerprint density at radius 1 is 0.552 bits per heavy atom. The Kier molecular flexibility index (Phi) is 40.8. The molecule has 0 radical (unpaired) electrons. The fourth-order valence-electron chi connectivity index (χ4n) is 5.12. The summed E-state index contributed by atoms with van der Waals surface area (Å²) in [6, 6.07) is 0. The van der Waals surface area contributed by atoms with Gasteiger partial charge in [0.25, 0.3) is 0 Å². The van der Waals surface area contributed by atoms with Crippen LogP contribution in [0.3, 0.4) is 0 Å². The van der Waals surface area contributed by atoms with Crippen molar-refractivity contribution in [2.45, 2.75) is 148 Å². The van der Waals surface area contributed by atoms with Crippen LogP contribution in [0.1, 0.15) is 142 Å². The van der Waals surface area contributed by atoms with Gasteiger partial charge in [-0.1, -0.05) is 155 Å². The molecule has 0 aliphatic carbocycles. The summed E-state index contributed by atoms with van der Waals surface area (Å²) < 4.78 is 33.0. The number of phosphoric acid groups is 1. The number of allylic oxidation sites excluding steroid dienone is 18. The lowest BCUT2D eigenvalue weighted by atomic mass is 10.1. The highest BCUT2D eigenvalue weighted by molar-refractivity contribution is 7.47. The van der Waals surface area contributed by atoms with Gasteiger partial charge in [-0.2, -0.15) is 0 Å². The number of unbranched alkanes of at least 4 members (excludes halogenated alkanes) is 7. The quantitative estimate of drug-likeness (QED) is 0.0270. The van der Waals surface area contributed by atoms with Crippen LogP contribution in [-0.2, 0) is 32.7 Å². The second-order valence-corrected chi connectivity index (χ2v) is 15.2. The number of hydrogen-bond acceptors (Lipinski definition) is 8. The number of hydrogen-bond donors (Lipinski definition) is 2. The van der Waals surface area contributed by atoms with Crippen molar-refractivity contribution in [1.82, 2.24) is 5.32 Å². The summed E-state index contributed by atoms with van der Waals surface area (Å²) in [5, 5.41) is 2.81. The highest BCUT2D eigenvalue weighted by Crippen LogP contribution is 2.43. The number of phosphoric ester groups is 1. The SMILES string of the molecule is CC/C=C\C/C=C\C/C=C\C/C=C\C/C=C\C/C=C\CCC(=O)OC(COC(=O)CCC/C=C\C/C=C\C/C=C\CCCCCCCC)COP(=O)(O)OCCNC. The maximum absolute atomic E-state index is 12.6. The van der Waals surface area contributed by atoms with E-state index in [0.29, 0.717) is 19.4 Å². The van der Waals surface area contributed by atoms with E-state index < -0.39 is 32.5 Å². The molecule has 0 aromatic rings. The fraction of sp³-hybridized carbons (Fsp3) is 0.583. The van der Waals surface area contributed by atoms with Crippen LogP contribution in [0.2, 0.25) is 0 Å². The number of likely N-dealkylation sites (N-methyl/N-ethyl adjacent to an activating group) is 1. The highest BCUT2D eigenvalue weighted by atomic mass is 31.2. The van der Waals surface area contributed by atoms with E-state index in [1.165, 1.54) is 38.5 Å². The van der Waals surface area contributed by atoms with Gasteiger partial charge in [0, 0.05) is 19.4 Å². The first-order chi connectivity index (χ1) is 28.3. The van der Waals surface area contributed by atoms with Crippen molar-refractivity contribution in [1.29, 1.82) is 0 Å². The Bertz CT molecular complexity index is 1310. The molecule has 328 valence electrons. The van der Waals surface area contributed by atoms with Crippen LogP contribution < -0.4 is 5.32 Å². The minimum Gasteiger partial charge on any atom is -0.462 e. The summed E-state index contributed by atoms with van der Waals surface area (Å²) in [6.07, 6.45) is 55.9. The van der Waals surface area contributed by atoms with Gasteiger partial charge in [-0.05, 0) is 90.5 Å². The van der Waals surface area contributed by atoms with Gasteiger partial charge in [0.1, 0.15) is 6.61 Å². The lowest BCUT2D eigenvalue weighted by Crippen LogP contribution is -2.29. The van der Waals surface area contributed by atoms with E-state index in [9.17, 15) is 19.0 Å². The van der Waals surface area contributed by atoms with E-state index >= 15 is 0 Å². The first-order valence-corrected chi connectivity index (χ1v) is 23.3. The zero-order chi connectivity index (χ0) is 42.5. The van der Waals surface area contributed by atoms with Crippen molar-refractivity contribution < 1.29 is 37.6 Å². The summed E-state index contributed by atoms with van der Waals surface area (Å²) in [7, 11) is -2.71. The average molecular weight is 828 g/mol. The number of nitrogens with one attached hydrogen (secondary N) is 1. The predicted octanol–water partition coefficient (Wildman–Crippen LogP) is 12.6. The molecule has 2 unspecified atom stereocenters. The zero-order valence-corrected chi connectivity index (χ0v) is 37.1. The average Bonchev–Trinajstić information content (AvgIpc) is 3.21. The molecule has 0 heterocycles. The molecule has 0 amide bonds. The molecule has 0 aromatic carbocycles. The molecule has 0 aliphatic heterocycles. The molecule has 0 saturated heterocycles. The third-order valence-corrected chi connectivity index (χ3v) is 9.37. The minimum absolute atomic E-state index is 0.0445. The Morgan fingerprint density at radius 3 is 1.53 bits per heavy atom. The van der Waals surface area contributed by atoms with E-state index in [1.54, 1.807) is 7.05 Å². The van der Waals surface area contributed by atoms with Crippen molar-refractivity contribution in [2.75, 3.05) is 33.4 Å². The molecule has 0 spiro atoms. The van der Waals surface area contributed by atoms with E-state index in [-0.39, 0.29) is 26.1 Å². The molecule has 0 saturated carbocycles. The molecule has 9 nitrogen and oxygen atoms in total. The van der Waals surface area contributed by atoms with Crippen LogP contribution in [0.4, 0.5) is 0 Å². The predicted molar refractivity (Wildman–Crippen MR) is 242 cm³/mol. The third kappa shape index (κ3) is 42.3. The number of carbonyl (C=O) groups excluding carboxylic acids is 2. The Morgan fingerprint density at radius 2 is 1.02 bits per heavy atom. The van der Waals surface area contributed by atoms with Gasteiger partial charge in [0.2, 0.25) is 0 Å². The summed E-state index contributed by atoms with van der Waals surface area (Å²) in [5.41, 5.74) is 0. The standard InChI is InChI=1S/C48H78NO8P/c1-4-6-8-10-12-14-16-18-20-22-23-25-27-29-31-33-35-37-39-41-48(51)57-46(45-56-58(52,53)55-43-42-49-3)44-54-47(50)40-38-36-34-32-30-28-26-24-21-19-17-15-13-11-9-7-5-2/h6,8,12,14,18-21,23,25-26,28-29,31-32,34-35,37,46,49H,4-5,7,9-11,13,15-17,22,24,27,30,33,36,38-45H2,1-3H3,(H,52,53)/b8-6-,14-12-,20-18-,21-19-,25-23-,28-26-,31-29-,34-32-,37-35-. The summed E-state index contributed by atoms with van der Waals surface area (Å²) in [5.74, 6) is -0.978. The fourth-order valence-corrected chi connectivity index (χ4v) is 5.87. The summed E-state index contributed by atoms with van der Waals surface area (Å²) >= 11 is 0. The second kappa shape index (κ2) is 43.3. The molecular weight excluding hydrogens is 750 g/mol. The molecule has 2 atom stereocenters. The van der Waals surface area contributed by atoms with Crippen molar-refractivity contribution in [2.24, 2.45) is 0 Å². The maximum atomic E-state index is 12.6. The molecule has 58 heavy (non-hydrogen) atoms. The Labute approximate surface area is 352 Å². The van der Waals surface area contributed by atoms with Gasteiger partial charge in [0.15, 0.2) is 6.10 Å². The minimum atomic E-state index is -4.39. The van der Waals surface area contributed by atoms with Crippen LogP contribution in [0, 0.1) is 0 Å². The molecule has 0 fully saturated rings. The van der Waals surface area contributed by atoms with Crippen LogP contribution in [-0.4, -0.2) is 56.3 Å². The first kappa shape index (κ1) is 54.7.